The quantitative estimate of drug-likeness (QED) is 0.346. The third-order valence-electron chi connectivity index (χ3n) is 3.90. The number of rotatable bonds is 8. The van der Waals surface area contributed by atoms with Crippen LogP contribution in [0.3, 0.4) is 0 Å². The minimum absolute atomic E-state index is 0.778. The number of alkyl halides is 1. The van der Waals surface area contributed by atoms with Crippen molar-refractivity contribution in [3.8, 4) is 5.75 Å². The maximum absolute atomic E-state index is 5.88. The molecule has 0 aliphatic rings. The molecule has 0 radical (unpaired) electrons. The molecule has 0 bridgehead atoms. The summed E-state index contributed by atoms with van der Waals surface area (Å²) in [6.45, 7) is 0.778. The van der Waals surface area contributed by atoms with E-state index in [4.69, 9.17) is 9.15 Å². The molecule has 0 aliphatic heterocycles. The first-order valence-electron chi connectivity index (χ1n) is 7.98. The number of para-hydroxylation sites is 1. The molecule has 0 fully saturated rings. The van der Waals surface area contributed by atoms with Gasteiger partial charge in [-0.05, 0) is 31.0 Å². The molecule has 1 aromatic heterocycles. The van der Waals surface area contributed by atoms with Crippen LogP contribution in [0.1, 0.15) is 32.1 Å². The van der Waals surface area contributed by atoms with E-state index >= 15 is 0 Å². The van der Waals surface area contributed by atoms with Gasteiger partial charge in [-0.1, -0.05) is 53.4 Å². The Morgan fingerprint density at radius 2 is 1.59 bits per heavy atom. The predicted octanol–water partition coefficient (Wildman–Crippen LogP) is 6.31. The Kier molecular flexibility index (Phi) is 5.38. The number of fused-ring (bicyclic) bond motifs is 3. The highest BCUT2D eigenvalue weighted by atomic mass is 79.9. The largest absolute Gasteiger partial charge is 0.493 e. The Morgan fingerprint density at radius 1 is 0.818 bits per heavy atom. The van der Waals surface area contributed by atoms with E-state index in [9.17, 15) is 0 Å². The molecule has 2 aromatic carbocycles. The Balaban J connectivity index is 1.57. The SMILES string of the molecule is BrCCCCCCCOc1ccc2c(c1)oc1ccccc12. The van der Waals surface area contributed by atoms with Gasteiger partial charge in [0.1, 0.15) is 16.9 Å². The molecule has 0 saturated heterocycles. The minimum atomic E-state index is 0.778. The van der Waals surface area contributed by atoms with Gasteiger partial charge in [-0.25, -0.2) is 0 Å². The van der Waals surface area contributed by atoms with Crippen molar-refractivity contribution in [3.05, 3.63) is 42.5 Å². The van der Waals surface area contributed by atoms with Crippen LogP contribution in [0.2, 0.25) is 0 Å². The first kappa shape index (κ1) is 15.4. The van der Waals surface area contributed by atoms with Crippen LogP contribution in [-0.2, 0) is 0 Å². The molecule has 116 valence electrons. The van der Waals surface area contributed by atoms with Gasteiger partial charge < -0.3 is 9.15 Å². The Bertz CT molecular complexity index is 732. The lowest BCUT2D eigenvalue weighted by Gasteiger charge is -2.05. The van der Waals surface area contributed by atoms with Crippen molar-refractivity contribution >= 4 is 37.9 Å². The van der Waals surface area contributed by atoms with Gasteiger partial charge in [-0.2, -0.15) is 0 Å². The third-order valence-corrected chi connectivity index (χ3v) is 4.46. The molecule has 22 heavy (non-hydrogen) atoms. The molecule has 2 nitrogen and oxygen atoms in total. The van der Waals surface area contributed by atoms with Gasteiger partial charge in [0.2, 0.25) is 0 Å². The summed E-state index contributed by atoms with van der Waals surface area (Å²) in [5.41, 5.74) is 1.83. The third kappa shape index (κ3) is 3.64. The van der Waals surface area contributed by atoms with Gasteiger partial charge in [0.05, 0.1) is 6.61 Å². The van der Waals surface area contributed by atoms with Crippen LogP contribution in [0.15, 0.2) is 46.9 Å². The molecule has 3 heteroatoms. The van der Waals surface area contributed by atoms with Gasteiger partial charge in [-0.3, -0.25) is 0 Å². The van der Waals surface area contributed by atoms with E-state index < -0.39 is 0 Å². The number of benzene rings is 2. The van der Waals surface area contributed by atoms with Crippen molar-refractivity contribution in [2.75, 3.05) is 11.9 Å². The second kappa shape index (κ2) is 7.68. The highest BCUT2D eigenvalue weighted by molar-refractivity contribution is 9.09. The predicted molar refractivity (Wildman–Crippen MR) is 96.1 cm³/mol. The van der Waals surface area contributed by atoms with E-state index in [1.807, 2.05) is 30.3 Å². The summed E-state index contributed by atoms with van der Waals surface area (Å²) in [6.07, 6.45) is 6.21. The Hall–Kier alpha value is -1.48. The summed E-state index contributed by atoms with van der Waals surface area (Å²) in [5.74, 6) is 0.895. The molecular weight excluding hydrogens is 340 g/mol. The molecule has 3 rings (SSSR count). The fourth-order valence-corrected chi connectivity index (χ4v) is 3.11. The number of hydrogen-bond donors (Lipinski definition) is 0. The highest BCUT2D eigenvalue weighted by Crippen LogP contribution is 2.31. The Morgan fingerprint density at radius 3 is 2.50 bits per heavy atom. The van der Waals surface area contributed by atoms with Gasteiger partial charge in [0, 0.05) is 22.2 Å². The van der Waals surface area contributed by atoms with Crippen molar-refractivity contribution in [1.29, 1.82) is 0 Å². The van der Waals surface area contributed by atoms with Crippen molar-refractivity contribution in [2.45, 2.75) is 32.1 Å². The number of halogens is 1. The monoisotopic (exact) mass is 360 g/mol. The van der Waals surface area contributed by atoms with Crippen LogP contribution in [0.25, 0.3) is 21.9 Å². The van der Waals surface area contributed by atoms with Crippen molar-refractivity contribution in [3.63, 3.8) is 0 Å². The molecular formula is C19H21BrO2. The van der Waals surface area contributed by atoms with E-state index in [2.05, 4.69) is 28.1 Å². The summed E-state index contributed by atoms with van der Waals surface area (Å²) in [4.78, 5) is 0. The fourth-order valence-electron chi connectivity index (χ4n) is 2.71. The van der Waals surface area contributed by atoms with E-state index in [-0.39, 0.29) is 0 Å². The molecule has 0 aliphatic carbocycles. The van der Waals surface area contributed by atoms with E-state index in [1.54, 1.807) is 0 Å². The first-order chi connectivity index (χ1) is 10.9. The van der Waals surface area contributed by atoms with Crippen molar-refractivity contribution in [2.24, 2.45) is 0 Å². The molecule has 1 heterocycles. The lowest BCUT2D eigenvalue weighted by molar-refractivity contribution is 0.304. The molecule has 0 spiro atoms. The Labute approximate surface area is 139 Å². The van der Waals surface area contributed by atoms with Crippen LogP contribution in [0, 0.1) is 0 Å². The van der Waals surface area contributed by atoms with Crippen LogP contribution < -0.4 is 4.74 Å². The summed E-state index contributed by atoms with van der Waals surface area (Å²) < 4.78 is 11.7. The van der Waals surface area contributed by atoms with E-state index in [1.165, 1.54) is 25.7 Å². The van der Waals surface area contributed by atoms with Crippen LogP contribution in [0.4, 0.5) is 0 Å². The van der Waals surface area contributed by atoms with Crippen molar-refractivity contribution in [1.82, 2.24) is 0 Å². The summed E-state index contributed by atoms with van der Waals surface area (Å²) in [7, 11) is 0. The minimum Gasteiger partial charge on any atom is -0.493 e. The van der Waals surface area contributed by atoms with Crippen LogP contribution in [0.5, 0.6) is 5.75 Å². The van der Waals surface area contributed by atoms with Gasteiger partial charge >= 0.3 is 0 Å². The maximum atomic E-state index is 5.88. The second-order valence-electron chi connectivity index (χ2n) is 5.56. The van der Waals surface area contributed by atoms with Gasteiger partial charge in [-0.15, -0.1) is 0 Å². The number of unbranched alkanes of at least 4 members (excludes halogenated alkanes) is 4. The van der Waals surface area contributed by atoms with Gasteiger partial charge in [0.25, 0.3) is 0 Å². The smallest absolute Gasteiger partial charge is 0.139 e. The van der Waals surface area contributed by atoms with Crippen LogP contribution in [-0.4, -0.2) is 11.9 Å². The normalized spacial score (nSPS) is 11.3. The lowest BCUT2D eigenvalue weighted by Crippen LogP contribution is -1.97. The molecule has 0 atom stereocenters. The zero-order chi connectivity index (χ0) is 15.2. The van der Waals surface area contributed by atoms with Gasteiger partial charge in [0.15, 0.2) is 0 Å². The lowest BCUT2D eigenvalue weighted by atomic mass is 10.1. The first-order valence-corrected chi connectivity index (χ1v) is 9.11. The summed E-state index contributed by atoms with van der Waals surface area (Å²) in [5, 5.41) is 3.43. The maximum Gasteiger partial charge on any atom is 0.139 e. The fraction of sp³-hybridized carbons (Fsp3) is 0.368. The number of hydrogen-bond acceptors (Lipinski definition) is 2. The average molecular weight is 361 g/mol. The number of ether oxygens (including phenoxy) is 1. The molecule has 0 unspecified atom stereocenters. The van der Waals surface area contributed by atoms with Crippen molar-refractivity contribution < 1.29 is 9.15 Å². The van der Waals surface area contributed by atoms with E-state index in [0.717, 1.165) is 46.0 Å². The van der Waals surface area contributed by atoms with E-state index in [0.29, 0.717) is 0 Å². The average Bonchev–Trinajstić information content (AvgIpc) is 2.91. The van der Waals surface area contributed by atoms with Crippen LogP contribution >= 0.6 is 15.9 Å². The zero-order valence-electron chi connectivity index (χ0n) is 12.7. The summed E-state index contributed by atoms with van der Waals surface area (Å²) >= 11 is 3.46. The molecule has 0 amide bonds. The highest BCUT2D eigenvalue weighted by Gasteiger charge is 2.07. The zero-order valence-corrected chi connectivity index (χ0v) is 14.3. The second-order valence-corrected chi connectivity index (χ2v) is 6.35. The molecule has 0 saturated carbocycles. The molecule has 0 N–H and O–H groups in total. The molecule has 3 aromatic rings. The summed E-state index contributed by atoms with van der Waals surface area (Å²) in [6, 6.07) is 14.3. The number of furan rings is 1. The topological polar surface area (TPSA) is 22.4 Å². The standard InChI is InChI=1S/C19H21BrO2/c20-12-6-2-1-3-7-13-21-15-10-11-17-16-8-4-5-9-18(16)22-19(17)14-15/h4-5,8-11,14H,1-3,6-7,12-13H2.